The van der Waals surface area contributed by atoms with Crippen LogP contribution in [-0.4, -0.2) is 56.1 Å². The van der Waals surface area contributed by atoms with Gasteiger partial charge in [-0.05, 0) is 31.2 Å². The molecule has 1 aromatic heterocycles. The van der Waals surface area contributed by atoms with Gasteiger partial charge in [0.1, 0.15) is 5.82 Å². The zero-order valence-corrected chi connectivity index (χ0v) is 16.6. The smallest absolute Gasteiger partial charge is 0.191 e. The summed E-state index contributed by atoms with van der Waals surface area (Å²) in [6.07, 6.45) is 1.88. The van der Waals surface area contributed by atoms with Gasteiger partial charge in [0.2, 0.25) is 0 Å². The van der Waals surface area contributed by atoms with E-state index in [1.54, 1.807) is 7.05 Å². The number of hydrogen-bond acceptors (Lipinski definition) is 4. The highest BCUT2D eigenvalue weighted by atomic mass is 15.3. The van der Waals surface area contributed by atoms with Crippen LogP contribution >= 0.6 is 0 Å². The van der Waals surface area contributed by atoms with Crippen molar-refractivity contribution in [3.63, 3.8) is 0 Å². The maximum Gasteiger partial charge on any atom is 0.191 e. The SMILES string of the molecule is CN=C(NCc1ccccc1C)NCc1cccnc1N1CCN(C)CC1. The molecule has 2 aromatic rings. The zero-order valence-electron chi connectivity index (χ0n) is 16.6. The highest BCUT2D eigenvalue weighted by Crippen LogP contribution is 2.18. The van der Waals surface area contributed by atoms with Gasteiger partial charge in [0.25, 0.3) is 0 Å². The minimum atomic E-state index is 0.697. The molecule has 0 saturated carbocycles. The van der Waals surface area contributed by atoms with Crippen LogP contribution in [0.2, 0.25) is 0 Å². The van der Waals surface area contributed by atoms with Gasteiger partial charge >= 0.3 is 0 Å². The van der Waals surface area contributed by atoms with Gasteiger partial charge in [-0.15, -0.1) is 0 Å². The van der Waals surface area contributed by atoms with Gasteiger partial charge < -0.3 is 20.4 Å². The number of anilines is 1. The fourth-order valence-corrected chi connectivity index (χ4v) is 3.26. The average molecular weight is 367 g/mol. The molecule has 0 amide bonds. The standard InChI is InChI=1S/C21H30N6/c1-17-7-4-5-8-18(17)15-24-21(22-2)25-16-19-9-6-10-23-20(19)27-13-11-26(3)12-14-27/h4-10H,11-16H2,1-3H3,(H2,22,24,25). The van der Waals surface area contributed by atoms with Gasteiger partial charge in [-0.3, -0.25) is 4.99 Å². The van der Waals surface area contributed by atoms with E-state index in [9.17, 15) is 0 Å². The second kappa shape index (κ2) is 9.37. The van der Waals surface area contributed by atoms with Crippen molar-refractivity contribution in [2.75, 3.05) is 45.2 Å². The lowest BCUT2D eigenvalue weighted by Crippen LogP contribution is -2.45. The topological polar surface area (TPSA) is 55.8 Å². The molecule has 1 aliphatic rings. The second-order valence-corrected chi connectivity index (χ2v) is 6.98. The van der Waals surface area contributed by atoms with E-state index in [0.29, 0.717) is 6.54 Å². The van der Waals surface area contributed by atoms with E-state index in [4.69, 9.17) is 0 Å². The van der Waals surface area contributed by atoms with Gasteiger partial charge in [0, 0.05) is 58.1 Å². The van der Waals surface area contributed by atoms with Crippen molar-refractivity contribution in [2.24, 2.45) is 4.99 Å². The first-order valence-electron chi connectivity index (χ1n) is 9.54. The molecule has 1 aliphatic heterocycles. The number of benzene rings is 1. The number of nitrogens with zero attached hydrogens (tertiary/aromatic N) is 4. The average Bonchev–Trinajstić information content (AvgIpc) is 2.70. The van der Waals surface area contributed by atoms with Crippen LogP contribution in [-0.2, 0) is 13.1 Å². The zero-order chi connectivity index (χ0) is 19.1. The molecule has 0 unspecified atom stereocenters. The number of aromatic nitrogens is 1. The molecule has 0 atom stereocenters. The van der Waals surface area contributed by atoms with Crippen LogP contribution in [0.4, 0.5) is 5.82 Å². The quantitative estimate of drug-likeness (QED) is 0.626. The minimum Gasteiger partial charge on any atom is -0.354 e. The summed E-state index contributed by atoms with van der Waals surface area (Å²) in [5, 5.41) is 6.83. The predicted octanol–water partition coefficient (Wildman–Crippen LogP) is 2.01. The molecule has 27 heavy (non-hydrogen) atoms. The number of likely N-dealkylation sites (N-methyl/N-ethyl adjacent to an activating group) is 1. The molecule has 0 spiro atoms. The van der Waals surface area contributed by atoms with Crippen LogP contribution in [0.1, 0.15) is 16.7 Å². The summed E-state index contributed by atoms with van der Waals surface area (Å²) >= 11 is 0. The highest BCUT2D eigenvalue weighted by Gasteiger charge is 2.17. The summed E-state index contributed by atoms with van der Waals surface area (Å²) in [5.41, 5.74) is 3.76. The number of aryl methyl sites for hydroxylation is 1. The van der Waals surface area contributed by atoms with E-state index < -0.39 is 0 Å². The Morgan fingerprint density at radius 2 is 1.67 bits per heavy atom. The van der Waals surface area contributed by atoms with Crippen molar-refractivity contribution in [3.05, 3.63) is 59.3 Å². The van der Waals surface area contributed by atoms with E-state index in [1.165, 1.54) is 16.7 Å². The summed E-state index contributed by atoms with van der Waals surface area (Å²) in [6, 6.07) is 12.5. The molecule has 2 heterocycles. The molecular formula is C21H30N6. The number of aliphatic imine (C=N–C) groups is 1. The van der Waals surface area contributed by atoms with Gasteiger partial charge in [-0.2, -0.15) is 0 Å². The molecule has 2 N–H and O–H groups in total. The molecule has 0 aliphatic carbocycles. The summed E-state index contributed by atoms with van der Waals surface area (Å²) in [7, 11) is 3.97. The molecule has 144 valence electrons. The monoisotopic (exact) mass is 366 g/mol. The Labute approximate surface area is 162 Å². The number of rotatable bonds is 5. The lowest BCUT2D eigenvalue weighted by Gasteiger charge is -2.34. The number of hydrogen-bond donors (Lipinski definition) is 2. The summed E-state index contributed by atoms with van der Waals surface area (Å²) in [5.74, 6) is 1.87. The van der Waals surface area contributed by atoms with Crippen LogP contribution in [0.25, 0.3) is 0 Å². The van der Waals surface area contributed by atoms with Crippen LogP contribution in [0, 0.1) is 6.92 Å². The number of pyridine rings is 1. The maximum atomic E-state index is 4.64. The van der Waals surface area contributed by atoms with Crippen molar-refractivity contribution in [2.45, 2.75) is 20.0 Å². The third-order valence-corrected chi connectivity index (χ3v) is 5.05. The van der Waals surface area contributed by atoms with Crippen LogP contribution in [0.15, 0.2) is 47.6 Å². The summed E-state index contributed by atoms with van der Waals surface area (Å²) in [4.78, 5) is 13.7. The molecule has 0 bridgehead atoms. The third-order valence-electron chi connectivity index (χ3n) is 5.05. The molecule has 6 heteroatoms. The Hall–Kier alpha value is -2.60. The minimum absolute atomic E-state index is 0.697. The number of nitrogens with one attached hydrogen (secondary N) is 2. The molecule has 1 aromatic carbocycles. The predicted molar refractivity (Wildman–Crippen MR) is 112 cm³/mol. The second-order valence-electron chi connectivity index (χ2n) is 6.98. The summed E-state index contributed by atoms with van der Waals surface area (Å²) in [6.45, 7) is 7.76. The molecular weight excluding hydrogens is 336 g/mol. The molecule has 1 fully saturated rings. The Morgan fingerprint density at radius 1 is 1.00 bits per heavy atom. The number of guanidine groups is 1. The van der Waals surface area contributed by atoms with Crippen LogP contribution in [0.5, 0.6) is 0 Å². The van der Waals surface area contributed by atoms with E-state index in [-0.39, 0.29) is 0 Å². The first-order chi connectivity index (χ1) is 13.2. The van der Waals surface area contributed by atoms with Crippen molar-refractivity contribution in [1.82, 2.24) is 20.5 Å². The van der Waals surface area contributed by atoms with Crippen molar-refractivity contribution in [3.8, 4) is 0 Å². The van der Waals surface area contributed by atoms with Crippen LogP contribution < -0.4 is 15.5 Å². The lowest BCUT2D eigenvalue weighted by molar-refractivity contribution is 0.312. The van der Waals surface area contributed by atoms with Crippen molar-refractivity contribution in [1.29, 1.82) is 0 Å². The van der Waals surface area contributed by atoms with Gasteiger partial charge in [-0.1, -0.05) is 30.3 Å². The Kier molecular flexibility index (Phi) is 6.65. The van der Waals surface area contributed by atoms with Gasteiger partial charge in [0.05, 0.1) is 0 Å². The number of piperazine rings is 1. The highest BCUT2D eigenvalue weighted by molar-refractivity contribution is 5.79. The fraction of sp³-hybridized carbons (Fsp3) is 0.429. The Morgan fingerprint density at radius 3 is 2.37 bits per heavy atom. The van der Waals surface area contributed by atoms with E-state index >= 15 is 0 Å². The summed E-state index contributed by atoms with van der Waals surface area (Å²) < 4.78 is 0. The molecule has 3 rings (SSSR count). The van der Waals surface area contributed by atoms with Gasteiger partial charge in [-0.25, -0.2) is 4.98 Å². The fourth-order valence-electron chi connectivity index (χ4n) is 3.26. The third kappa shape index (κ3) is 5.20. The lowest BCUT2D eigenvalue weighted by atomic mass is 10.1. The first kappa shape index (κ1) is 19.2. The van der Waals surface area contributed by atoms with E-state index in [2.05, 4.69) is 74.7 Å². The van der Waals surface area contributed by atoms with Crippen LogP contribution in [0.3, 0.4) is 0 Å². The largest absolute Gasteiger partial charge is 0.354 e. The Bertz CT molecular complexity index is 765. The van der Waals surface area contributed by atoms with E-state index in [1.807, 2.05) is 12.3 Å². The molecule has 1 saturated heterocycles. The van der Waals surface area contributed by atoms with Gasteiger partial charge in [0.15, 0.2) is 5.96 Å². The molecule has 0 radical (unpaired) electrons. The van der Waals surface area contributed by atoms with Crippen molar-refractivity contribution < 1.29 is 0 Å². The van der Waals surface area contributed by atoms with E-state index in [0.717, 1.165) is 44.5 Å². The Balaban J connectivity index is 1.59. The maximum absolute atomic E-state index is 4.64. The van der Waals surface area contributed by atoms with Crippen molar-refractivity contribution >= 4 is 11.8 Å². The molecule has 6 nitrogen and oxygen atoms in total. The first-order valence-corrected chi connectivity index (χ1v) is 9.54. The normalized spacial score (nSPS) is 15.7.